The van der Waals surface area contributed by atoms with Crippen LogP contribution in [0.15, 0.2) is 16.2 Å². The molecular formula is C56H97N7O20S. The Morgan fingerprint density at radius 2 is 1.68 bits per heavy atom. The molecule has 0 aliphatic carbocycles. The van der Waals surface area contributed by atoms with Gasteiger partial charge in [0.2, 0.25) is 0 Å². The van der Waals surface area contributed by atoms with Crippen molar-refractivity contribution >= 4 is 45.4 Å². The number of nitro groups is 1. The molecule has 0 radical (unpaired) electrons. The number of cyclic esters (lactones) is 1. The summed E-state index contributed by atoms with van der Waals surface area (Å²) in [7, 11) is 0.310. The van der Waals surface area contributed by atoms with Gasteiger partial charge < -0.3 is 77.6 Å². The Morgan fingerprint density at radius 1 is 1.00 bits per heavy atom. The molecular weight excluding hydrogens is 1120 g/mol. The maximum absolute atomic E-state index is 15.9. The number of H-pyrrole nitrogens is 1. The first-order chi connectivity index (χ1) is 39.2. The highest BCUT2D eigenvalue weighted by Crippen LogP contribution is 2.40. The second-order valence-electron chi connectivity index (χ2n) is 24.5. The van der Waals surface area contributed by atoms with E-state index in [1.165, 1.54) is 35.0 Å². The summed E-state index contributed by atoms with van der Waals surface area (Å²) in [4.78, 5) is 76.8. The number of amides is 1. The van der Waals surface area contributed by atoms with Crippen LogP contribution < -0.4 is 10.0 Å². The van der Waals surface area contributed by atoms with E-state index in [9.17, 15) is 33.2 Å². The minimum absolute atomic E-state index is 0.0437. The number of oxime groups is 1. The van der Waals surface area contributed by atoms with Crippen molar-refractivity contribution in [2.75, 3.05) is 54.3 Å². The third kappa shape index (κ3) is 20.3. The van der Waals surface area contributed by atoms with Crippen molar-refractivity contribution in [1.82, 2.24) is 25.1 Å². The number of alkyl carbamates (subject to hydrolysis) is 1. The highest BCUT2D eigenvalue weighted by molar-refractivity contribution is 7.89. The molecule has 4 unspecified atom stereocenters. The van der Waals surface area contributed by atoms with Gasteiger partial charge in [0.15, 0.2) is 28.9 Å². The lowest BCUT2D eigenvalue weighted by Gasteiger charge is -2.44. The number of aliphatic hydroxyl groups is 1. The van der Waals surface area contributed by atoms with Gasteiger partial charge in [-0.1, -0.05) is 65.6 Å². The average Bonchev–Trinajstić information content (AvgIpc) is 2.93. The molecule has 1 amide bonds. The van der Waals surface area contributed by atoms with Crippen LogP contribution in [0.3, 0.4) is 0 Å². The van der Waals surface area contributed by atoms with Gasteiger partial charge in [-0.05, 0) is 85.2 Å². The number of sulfonamides is 1. The Bertz CT molecular complexity index is 2450. The molecule has 4 heterocycles. The molecule has 482 valence electrons. The molecule has 0 spiro atoms. The number of likely N-dealkylation sites (N-methyl/N-ethyl adjacent to an activating group) is 1. The van der Waals surface area contributed by atoms with Crippen LogP contribution in [0.4, 0.5) is 10.6 Å². The maximum Gasteiger partial charge on any atom is 0.408 e. The van der Waals surface area contributed by atoms with Crippen LogP contribution in [0.5, 0.6) is 0 Å². The second kappa shape index (κ2) is 31.9. The predicted molar refractivity (Wildman–Crippen MR) is 304 cm³/mol. The number of aromatic nitrogens is 2. The fourth-order valence-electron chi connectivity index (χ4n) is 11.3. The van der Waals surface area contributed by atoms with Crippen LogP contribution in [-0.2, 0) is 76.6 Å². The largest absolute Gasteiger partial charge is 0.461 e. The smallest absolute Gasteiger partial charge is 0.408 e. The lowest BCUT2D eigenvalue weighted by molar-refractivity contribution is -0.392. The molecule has 1 aromatic rings. The van der Waals surface area contributed by atoms with Gasteiger partial charge in [0, 0.05) is 63.6 Å². The van der Waals surface area contributed by atoms with E-state index in [-0.39, 0.29) is 57.2 Å². The first-order valence-electron chi connectivity index (χ1n) is 29.1. The van der Waals surface area contributed by atoms with Crippen molar-refractivity contribution in [3.8, 4) is 0 Å². The number of methoxy groups -OCH3 is 1. The zero-order chi connectivity index (χ0) is 63.2. The number of ether oxygens (including phenoxy) is 10. The van der Waals surface area contributed by atoms with Crippen molar-refractivity contribution in [3.05, 3.63) is 16.3 Å². The minimum atomic E-state index is -4.56. The Balaban J connectivity index is 1.92. The molecule has 27 nitrogen and oxygen atoms in total. The van der Waals surface area contributed by atoms with E-state index in [1.54, 1.807) is 41.5 Å². The summed E-state index contributed by atoms with van der Waals surface area (Å²) in [6, 6.07) is 0. The molecule has 0 bridgehead atoms. The number of ketones is 1. The molecule has 1 aromatic heterocycles. The third-order valence-corrected chi connectivity index (χ3v) is 17.3. The summed E-state index contributed by atoms with van der Waals surface area (Å²) in [6.07, 6.45) is -8.97. The van der Waals surface area contributed by atoms with Gasteiger partial charge in [-0.15, -0.1) is 5.10 Å². The molecule has 4 N–H and O–H groups in total. The quantitative estimate of drug-likeness (QED) is 0.0302. The molecule has 4 rings (SSSR count). The minimum Gasteiger partial charge on any atom is -0.461 e. The van der Waals surface area contributed by atoms with Crippen molar-refractivity contribution in [2.45, 2.75) is 220 Å². The first kappa shape index (κ1) is 72.0. The summed E-state index contributed by atoms with van der Waals surface area (Å²) >= 11 is 0. The zero-order valence-electron chi connectivity index (χ0n) is 52.4. The van der Waals surface area contributed by atoms with E-state index >= 15 is 9.59 Å². The number of esters is 2. The van der Waals surface area contributed by atoms with Gasteiger partial charge in [-0.3, -0.25) is 14.4 Å². The van der Waals surface area contributed by atoms with Gasteiger partial charge in [-0.2, -0.15) is 0 Å². The Morgan fingerprint density at radius 3 is 2.30 bits per heavy atom. The Kier molecular flexibility index (Phi) is 27.4. The number of aromatic amines is 1. The number of aliphatic hydroxyl groups excluding tert-OH is 1. The number of Topliss-reactive ketones (excluding diaryl/α,β-unsaturated/α-hetero) is 1. The molecule has 3 aliphatic rings. The number of carbonyl (C=O) groups excluding carboxylic acids is 4. The molecule has 18 atom stereocenters. The van der Waals surface area contributed by atoms with E-state index in [2.05, 4.69) is 30.3 Å². The Labute approximate surface area is 495 Å². The van der Waals surface area contributed by atoms with Crippen molar-refractivity contribution in [3.63, 3.8) is 0 Å². The van der Waals surface area contributed by atoms with Gasteiger partial charge in [0.1, 0.15) is 32.2 Å². The van der Waals surface area contributed by atoms with E-state index in [4.69, 9.17) is 52.2 Å². The lowest BCUT2D eigenvalue weighted by atomic mass is 9.74. The fraction of sp³-hybridized carbons (Fsp3) is 0.857. The molecule has 28 heteroatoms. The van der Waals surface area contributed by atoms with Crippen LogP contribution in [0.25, 0.3) is 0 Å². The predicted octanol–water partition coefficient (Wildman–Crippen LogP) is 5.66. The molecule has 3 fully saturated rings. The maximum atomic E-state index is 15.9. The number of carbonyl (C=O) groups is 4. The molecule has 0 aromatic carbocycles. The van der Waals surface area contributed by atoms with Gasteiger partial charge in [0.05, 0.1) is 72.5 Å². The van der Waals surface area contributed by atoms with Gasteiger partial charge >= 0.3 is 23.8 Å². The van der Waals surface area contributed by atoms with Crippen molar-refractivity contribution < 1.29 is 89.8 Å². The lowest BCUT2D eigenvalue weighted by Crippen LogP contribution is -2.57. The van der Waals surface area contributed by atoms with E-state index in [0.717, 1.165) is 12.7 Å². The first-order valence-corrected chi connectivity index (χ1v) is 30.6. The number of hydrogen-bond donors (Lipinski definition) is 4. The number of nitrogens with one attached hydrogen (secondary N) is 3. The van der Waals surface area contributed by atoms with E-state index in [1.807, 2.05) is 48.6 Å². The molecule has 0 saturated carbocycles. The number of hydrogen-bond acceptors (Lipinski definition) is 23. The van der Waals surface area contributed by atoms with Gasteiger partial charge in [0.25, 0.3) is 10.0 Å². The second-order valence-corrected chi connectivity index (χ2v) is 26.2. The van der Waals surface area contributed by atoms with Crippen LogP contribution in [0.2, 0.25) is 0 Å². The summed E-state index contributed by atoms with van der Waals surface area (Å²) < 4.78 is 92.5. The van der Waals surface area contributed by atoms with Gasteiger partial charge in [-0.25, -0.2) is 17.9 Å². The summed E-state index contributed by atoms with van der Waals surface area (Å²) in [6.45, 7) is 26.3. The molecule has 3 aliphatic heterocycles. The standard InChI is InChI=1S/C56H97N7O20S/c1-19-62(16)26-34(7)76-29-77-49-35(8)47(81-45-22-40(61-74-18)21-33(6)78-45)31(4)24-56(15,83-54(68)59-55(13,14)28-58-84(71,72)42-25-57-60-52(42)63(69)70)51(66)37(10)50(80-43(64)20-30(2)3)36(9)48(82-53(67)38(49)11)32(5)27-75-44-23-41(73-17)46(65)39(12)79-44/h25,30-39,41,44-50,58,65H,19-24,26-29H2,1-18H3,(H,57,60)(H,59,68)/t31-,32+,33+,34-,35+,36-,37+,38?,39?,41-,44?,45-,46+,47-,48?,49-,50+,56-/m0/s1. The van der Waals surface area contributed by atoms with E-state index in [0.29, 0.717) is 18.7 Å². The zero-order valence-corrected chi connectivity index (χ0v) is 53.3. The highest BCUT2D eigenvalue weighted by Gasteiger charge is 2.52. The monoisotopic (exact) mass is 1220 g/mol. The third-order valence-electron chi connectivity index (χ3n) is 15.9. The fourth-order valence-corrected chi connectivity index (χ4v) is 12.5. The van der Waals surface area contributed by atoms with E-state index < -0.39 is 158 Å². The van der Waals surface area contributed by atoms with Crippen LogP contribution >= 0.6 is 0 Å². The Hall–Kier alpha value is -4.49. The average molecular weight is 1220 g/mol. The SMILES string of the molecule is CCN(C)C[C@H](C)OCO[C@@H]1C(C)C(=O)OC([C@H](C)COC2C[C@H](OC)[C@H](O)C(C)O2)[C@H](C)[C@@H](OC(=O)CC(C)C)[C@@H](C)C(=O)[C@@](C)(OC(=O)NC(C)(C)CNS(=O)(=O)c2cn[nH]c2[N+](=O)[O-])C[C@H](C)[C@H](O[C@H]2CC(=NOC)C[C@@H](C)O2)[C@H]1C. The number of rotatable bonds is 25. The summed E-state index contributed by atoms with van der Waals surface area (Å²) in [5.74, 6) is -8.62. The molecule has 3 saturated heterocycles. The normalized spacial score (nSPS) is 32.8. The molecule has 84 heavy (non-hydrogen) atoms. The summed E-state index contributed by atoms with van der Waals surface area (Å²) in [5, 5.41) is 34.8. The topological polar surface area (TPSA) is 336 Å². The van der Waals surface area contributed by atoms with Crippen molar-refractivity contribution in [1.29, 1.82) is 0 Å². The van der Waals surface area contributed by atoms with Crippen molar-refractivity contribution in [2.24, 2.45) is 46.6 Å². The highest BCUT2D eigenvalue weighted by atomic mass is 32.2. The van der Waals surface area contributed by atoms with Crippen LogP contribution in [0, 0.1) is 51.5 Å². The van der Waals surface area contributed by atoms with Crippen LogP contribution in [0.1, 0.15) is 136 Å². The number of nitrogens with zero attached hydrogens (tertiary/aromatic N) is 4. The van der Waals surface area contributed by atoms with Crippen LogP contribution in [-0.4, -0.2) is 196 Å². The summed E-state index contributed by atoms with van der Waals surface area (Å²) in [5.41, 5.74) is -2.93.